The fraction of sp³-hybridized carbons (Fsp3) is 0.458. The summed E-state index contributed by atoms with van der Waals surface area (Å²) in [7, 11) is 1.56. The van der Waals surface area contributed by atoms with Crippen molar-refractivity contribution < 1.29 is 44.5 Å². The second-order valence-corrected chi connectivity index (χ2v) is 8.15. The molecule has 0 saturated carbocycles. The predicted molar refractivity (Wildman–Crippen MR) is 121 cm³/mol. The van der Waals surface area contributed by atoms with Gasteiger partial charge in [0.15, 0.2) is 5.60 Å². The molecule has 1 aliphatic heterocycles. The molecule has 34 heavy (non-hydrogen) atoms. The maximum absolute atomic E-state index is 11.9. The van der Waals surface area contributed by atoms with Crippen LogP contribution in [0.5, 0.6) is 5.75 Å². The van der Waals surface area contributed by atoms with E-state index in [0.29, 0.717) is 16.9 Å². The van der Waals surface area contributed by atoms with E-state index in [0.717, 1.165) is 11.1 Å². The summed E-state index contributed by atoms with van der Waals surface area (Å²) >= 11 is 0. The van der Waals surface area contributed by atoms with E-state index in [9.17, 15) is 25.2 Å². The zero-order valence-corrected chi connectivity index (χ0v) is 19.0. The largest absolute Gasteiger partial charge is 0.461 e. The molecule has 10 nitrogen and oxygen atoms in total. The summed E-state index contributed by atoms with van der Waals surface area (Å²) < 4.78 is 16.7. The monoisotopic (exact) mass is 477 g/mol. The molecule has 3 rings (SSSR count). The average Bonchev–Trinajstić information content (AvgIpc) is 2.85. The molecule has 2 aromatic carbocycles. The van der Waals surface area contributed by atoms with Gasteiger partial charge >= 0.3 is 0 Å². The molecule has 186 valence electrons. The molecule has 0 aromatic heterocycles. The molecule has 0 bridgehead atoms. The molecule has 1 heterocycles. The van der Waals surface area contributed by atoms with E-state index < -0.39 is 43.4 Å². The van der Waals surface area contributed by atoms with Crippen LogP contribution in [0.2, 0.25) is 0 Å². The first-order valence-corrected chi connectivity index (χ1v) is 10.9. The van der Waals surface area contributed by atoms with Gasteiger partial charge in [0.2, 0.25) is 6.29 Å². The van der Waals surface area contributed by atoms with Crippen molar-refractivity contribution in [3.05, 3.63) is 53.6 Å². The first-order chi connectivity index (χ1) is 16.2. The van der Waals surface area contributed by atoms with Crippen LogP contribution < -0.4 is 10.1 Å². The molecule has 1 fully saturated rings. The minimum absolute atomic E-state index is 0.107. The van der Waals surface area contributed by atoms with Gasteiger partial charge in [0.25, 0.3) is 5.91 Å². The Hall–Kier alpha value is -2.57. The minimum Gasteiger partial charge on any atom is -0.461 e. The van der Waals surface area contributed by atoms with Crippen molar-refractivity contribution in [2.24, 2.45) is 0 Å². The highest BCUT2D eigenvalue weighted by atomic mass is 16.7. The molecular weight excluding hydrogens is 446 g/mol. The highest BCUT2D eigenvalue weighted by Gasteiger charge is 2.56. The summed E-state index contributed by atoms with van der Waals surface area (Å²) in [5.41, 5.74) is 0.658. The fourth-order valence-corrected chi connectivity index (χ4v) is 3.79. The van der Waals surface area contributed by atoms with Gasteiger partial charge in [-0.25, -0.2) is 0 Å². The van der Waals surface area contributed by atoms with Crippen LogP contribution in [0.25, 0.3) is 11.1 Å². The number of benzene rings is 2. The summed E-state index contributed by atoms with van der Waals surface area (Å²) in [6.07, 6.45) is -5.99. The third-order valence-electron chi connectivity index (χ3n) is 5.77. The predicted octanol–water partition coefficient (Wildman–Crippen LogP) is -0.421. The van der Waals surface area contributed by atoms with Crippen LogP contribution in [0.1, 0.15) is 15.9 Å². The van der Waals surface area contributed by atoms with Gasteiger partial charge in [-0.2, -0.15) is 0 Å². The number of aryl methyl sites for hydroxylation is 1. The highest BCUT2D eigenvalue weighted by Crippen LogP contribution is 2.34. The molecule has 5 atom stereocenters. The third-order valence-corrected chi connectivity index (χ3v) is 5.77. The molecule has 1 aliphatic rings. The normalized spacial score (nSPS) is 26.8. The Kier molecular flexibility index (Phi) is 8.61. The summed E-state index contributed by atoms with van der Waals surface area (Å²) in [5, 5.41) is 53.0. The number of hydrogen-bond donors (Lipinski definition) is 6. The van der Waals surface area contributed by atoms with Gasteiger partial charge in [-0.3, -0.25) is 4.79 Å². The van der Waals surface area contributed by atoms with E-state index in [4.69, 9.17) is 19.3 Å². The molecule has 0 unspecified atom stereocenters. The van der Waals surface area contributed by atoms with Crippen molar-refractivity contribution in [2.45, 2.75) is 37.1 Å². The molecule has 0 spiro atoms. The highest BCUT2D eigenvalue weighted by molar-refractivity contribution is 5.95. The maximum Gasteiger partial charge on any atom is 0.251 e. The number of ether oxygens (including phenoxy) is 3. The Labute approximate surface area is 197 Å². The number of nitrogens with one attached hydrogen (secondary N) is 1. The number of carbonyl (C=O) groups excluding carboxylic acids is 1. The molecule has 1 saturated heterocycles. The first-order valence-electron chi connectivity index (χ1n) is 10.9. The summed E-state index contributed by atoms with van der Waals surface area (Å²) in [6, 6.07) is 12.4. The van der Waals surface area contributed by atoms with E-state index in [-0.39, 0.29) is 19.1 Å². The minimum atomic E-state index is -2.17. The zero-order valence-electron chi connectivity index (χ0n) is 19.0. The lowest BCUT2D eigenvalue weighted by atomic mass is 9.87. The van der Waals surface area contributed by atoms with E-state index in [2.05, 4.69) is 5.32 Å². The van der Waals surface area contributed by atoms with Crippen molar-refractivity contribution in [2.75, 3.05) is 33.5 Å². The van der Waals surface area contributed by atoms with Crippen LogP contribution in [-0.4, -0.2) is 95.1 Å². The third kappa shape index (κ3) is 5.39. The summed E-state index contributed by atoms with van der Waals surface area (Å²) in [5.74, 6) is 0.131. The van der Waals surface area contributed by atoms with Crippen molar-refractivity contribution in [1.82, 2.24) is 5.32 Å². The molecule has 1 amide bonds. The van der Waals surface area contributed by atoms with E-state index in [1.54, 1.807) is 44.3 Å². The maximum atomic E-state index is 11.9. The smallest absolute Gasteiger partial charge is 0.251 e. The number of carbonyl (C=O) groups is 1. The van der Waals surface area contributed by atoms with E-state index in [1.165, 1.54) is 0 Å². The Bertz CT molecular complexity index is 985. The summed E-state index contributed by atoms with van der Waals surface area (Å²) in [4.78, 5) is 11.9. The van der Waals surface area contributed by atoms with Crippen molar-refractivity contribution in [3.63, 3.8) is 0 Å². The van der Waals surface area contributed by atoms with Crippen LogP contribution >= 0.6 is 0 Å². The van der Waals surface area contributed by atoms with Gasteiger partial charge in [-0.05, 0) is 47.9 Å². The number of aliphatic hydroxyl groups is 5. The summed E-state index contributed by atoms with van der Waals surface area (Å²) in [6.45, 7) is 0.274. The van der Waals surface area contributed by atoms with Gasteiger partial charge in [0, 0.05) is 12.6 Å². The average molecular weight is 478 g/mol. The Morgan fingerprint density at radius 1 is 1.15 bits per heavy atom. The van der Waals surface area contributed by atoms with E-state index in [1.807, 2.05) is 12.1 Å². The molecule has 0 aliphatic carbocycles. The lowest BCUT2D eigenvalue weighted by Gasteiger charge is -2.47. The standard InChI is InChI=1S/C24H31NO9/c1-14-10-16(15-4-3-5-17(11-15)22(30)25-2)6-7-18(14)33-23-24(31,13-32-9-8-26)21(29)20(28)19(12-27)34-23/h3-7,10-11,19-21,23,26-29,31H,8-9,12-13H2,1-2H3,(H,25,30)/t19-,20-,21+,23+,24+/m1/s1. The first kappa shape index (κ1) is 26.0. The Morgan fingerprint density at radius 3 is 2.53 bits per heavy atom. The molecule has 6 N–H and O–H groups in total. The van der Waals surface area contributed by atoms with Gasteiger partial charge < -0.3 is 45.1 Å². The number of aliphatic hydroxyl groups excluding tert-OH is 4. The van der Waals surface area contributed by atoms with Crippen LogP contribution in [-0.2, 0) is 9.47 Å². The zero-order chi connectivity index (χ0) is 24.9. The topological polar surface area (TPSA) is 158 Å². The Balaban J connectivity index is 1.87. The van der Waals surface area contributed by atoms with Gasteiger partial charge in [-0.1, -0.05) is 18.2 Å². The fourth-order valence-electron chi connectivity index (χ4n) is 3.79. The quantitative estimate of drug-likeness (QED) is 0.264. The van der Waals surface area contributed by atoms with Crippen molar-refractivity contribution >= 4 is 5.91 Å². The van der Waals surface area contributed by atoms with Gasteiger partial charge in [-0.15, -0.1) is 0 Å². The second kappa shape index (κ2) is 11.2. The van der Waals surface area contributed by atoms with E-state index >= 15 is 0 Å². The lowest BCUT2D eigenvalue weighted by Crippen LogP contribution is -2.69. The van der Waals surface area contributed by atoms with Gasteiger partial charge in [0.1, 0.15) is 24.1 Å². The lowest BCUT2D eigenvalue weighted by molar-refractivity contribution is -0.330. The molecule has 2 aromatic rings. The molecule has 0 radical (unpaired) electrons. The van der Waals surface area contributed by atoms with Crippen molar-refractivity contribution in [1.29, 1.82) is 0 Å². The number of amides is 1. The second-order valence-electron chi connectivity index (χ2n) is 8.15. The molecular formula is C24H31NO9. The van der Waals surface area contributed by atoms with Crippen LogP contribution in [0.15, 0.2) is 42.5 Å². The molecule has 10 heteroatoms. The van der Waals surface area contributed by atoms with Gasteiger partial charge in [0.05, 0.1) is 26.4 Å². The van der Waals surface area contributed by atoms with Crippen LogP contribution in [0.4, 0.5) is 0 Å². The van der Waals surface area contributed by atoms with Crippen LogP contribution in [0, 0.1) is 6.92 Å². The SMILES string of the molecule is CNC(=O)c1cccc(-c2ccc(O[C@H]3O[C@H](CO)[C@@H](O)[C@H](O)[C@@]3(O)COCCO)c(C)c2)c1. The van der Waals surface area contributed by atoms with Crippen molar-refractivity contribution in [3.8, 4) is 16.9 Å². The Morgan fingerprint density at radius 2 is 1.88 bits per heavy atom. The van der Waals surface area contributed by atoms with Crippen LogP contribution in [0.3, 0.4) is 0 Å². The number of hydrogen-bond acceptors (Lipinski definition) is 9. The number of rotatable bonds is 9.